The lowest BCUT2D eigenvalue weighted by Crippen LogP contribution is -2.56. The number of hydrogen-bond donors (Lipinski definition) is 0. The molecule has 2 aromatic carbocycles. The molecule has 10 heteroatoms. The average Bonchev–Trinajstić information content (AvgIpc) is 2.59. The molecule has 1 aliphatic rings. The van der Waals surface area contributed by atoms with Gasteiger partial charge in [0.05, 0.1) is 24.4 Å². The minimum atomic E-state index is -3.92. The highest BCUT2D eigenvalue weighted by Gasteiger charge is 2.45. The van der Waals surface area contributed by atoms with Crippen LogP contribution in [0.2, 0.25) is 5.02 Å². The predicted molar refractivity (Wildman–Crippen MR) is 101 cm³/mol. The zero-order valence-corrected chi connectivity index (χ0v) is 17.0. The SMILES string of the molecule is COc1ccc(OC)c(S(=O)(=O)N2CC(S(=O)(=O)c3ccc(Cl)cc3)C2)c1. The first-order chi connectivity index (χ1) is 12.7. The van der Waals surface area contributed by atoms with Crippen molar-refractivity contribution >= 4 is 31.5 Å². The Hall–Kier alpha value is -1.81. The largest absolute Gasteiger partial charge is 0.497 e. The molecule has 0 saturated carbocycles. The van der Waals surface area contributed by atoms with Crippen molar-refractivity contribution < 1.29 is 26.3 Å². The van der Waals surface area contributed by atoms with Gasteiger partial charge in [0, 0.05) is 24.2 Å². The van der Waals surface area contributed by atoms with Crippen molar-refractivity contribution in [3.05, 3.63) is 47.5 Å². The zero-order chi connectivity index (χ0) is 19.8. The maximum Gasteiger partial charge on any atom is 0.246 e. The molecule has 2 aromatic rings. The van der Waals surface area contributed by atoms with E-state index in [-0.39, 0.29) is 28.6 Å². The first kappa shape index (κ1) is 19.9. The molecule has 7 nitrogen and oxygen atoms in total. The Bertz CT molecular complexity index is 1050. The van der Waals surface area contributed by atoms with Crippen molar-refractivity contribution in [3.8, 4) is 11.5 Å². The van der Waals surface area contributed by atoms with E-state index in [1.807, 2.05) is 0 Å². The molecule has 0 N–H and O–H groups in total. The molecule has 3 rings (SSSR count). The van der Waals surface area contributed by atoms with Crippen molar-refractivity contribution in [2.75, 3.05) is 27.3 Å². The number of nitrogens with zero attached hydrogens (tertiary/aromatic N) is 1. The lowest BCUT2D eigenvalue weighted by atomic mass is 10.3. The summed E-state index contributed by atoms with van der Waals surface area (Å²) in [7, 11) is -4.77. The van der Waals surface area contributed by atoms with E-state index in [1.54, 1.807) is 6.07 Å². The fourth-order valence-electron chi connectivity index (χ4n) is 2.73. The first-order valence-electron chi connectivity index (χ1n) is 7.92. The van der Waals surface area contributed by atoms with Gasteiger partial charge in [-0.25, -0.2) is 16.8 Å². The second kappa shape index (κ2) is 7.31. The Morgan fingerprint density at radius 2 is 1.59 bits per heavy atom. The van der Waals surface area contributed by atoms with Crippen LogP contribution in [-0.2, 0) is 19.9 Å². The number of benzene rings is 2. The summed E-state index contributed by atoms with van der Waals surface area (Å²) in [6, 6.07) is 10.2. The standard InChI is InChI=1S/C17H18ClNO6S2/c1-24-13-5-8-16(25-2)17(9-13)27(22,23)19-10-15(11-19)26(20,21)14-6-3-12(18)4-7-14/h3-9,15H,10-11H2,1-2H3. The predicted octanol–water partition coefficient (Wildman–Crippen LogP) is 2.20. The normalized spacial score (nSPS) is 16.0. The van der Waals surface area contributed by atoms with Crippen LogP contribution in [0.1, 0.15) is 0 Å². The Morgan fingerprint density at radius 3 is 2.15 bits per heavy atom. The van der Waals surface area contributed by atoms with Gasteiger partial charge in [0.25, 0.3) is 0 Å². The molecule has 0 radical (unpaired) electrons. The van der Waals surface area contributed by atoms with E-state index >= 15 is 0 Å². The van der Waals surface area contributed by atoms with Gasteiger partial charge in [0.15, 0.2) is 9.84 Å². The number of hydrogen-bond acceptors (Lipinski definition) is 6. The minimum Gasteiger partial charge on any atom is -0.497 e. The van der Waals surface area contributed by atoms with Crippen molar-refractivity contribution in [3.63, 3.8) is 0 Å². The van der Waals surface area contributed by atoms with Gasteiger partial charge in [-0.2, -0.15) is 4.31 Å². The summed E-state index contributed by atoms with van der Waals surface area (Å²) in [4.78, 5) is 0.0552. The molecule has 1 fully saturated rings. The van der Waals surface area contributed by atoms with Crippen LogP contribution in [0.25, 0.3) is 0 Å². The molecule has 0 aromatic heterocycles. The van der Waals surface area contributed by atoms with Crippen LogP contribution < -0.4 is 9.47 Å². The Balaban J connectivity index is 1.84. The van der Waals surface area contributed by atoms with Crippen LogP contribution in [0, 0.1) is 0 Å². The van der Waals surface area contributed by atoms with Crippen LogP contribution in [0.3, 0.4) is 0 Å². The maximum atomic E-state index is 12.9. The monoisotopic (exact) mass is 431 g/mol. The molecule has 0 amide bonds. The fraction of sp³-hybridized carbons (Fsp3) is 0.294. The molecular weight excluding hydrogens is 414 g/mol. The van der Waals surface area contributed by atoms with Crippen molar-refractivity contribution in [1.29, 1.82) is 0 Å². The van der Waals surface area contributed by atoms with E-state index in [0.29, 0.717) is 10.8 Å². The molecule has 0 bridgehead atoms. The zero-order valence-electron chi connectivity index (χ0n) is 14.6. The van der Waals surface area contributed by atoms with Gasteiger partial charge in [-0.3, -0.25) is 0 Å². The third-order valence-corrected chi connectivity index (χ3v) is 8.59. The molecule has 1 saturated heterocycles. The Morgan fingerprint density at radius 1 is 0.963 bits per heavy atom. The third-order valence-electron chi connectivity index (χ3n) is 4.38. The van der Waals surface area contributed by atoms with E-state index in [1.165, 1.54) is 50.6 Å². The second-order valence-corrected chi connectivity index (χ2v) is 10.5. The fourth-order valence-corrected chi connectivity index (χ4v) is 6.40. The molecule has 0 atom stereocenters. The summed E-state index contributed by atoms with van der Waals surface area (Å²) in [6.07, 6.45) is 0. The Labute approximate surface area is 163 Å². The lowest BCUT2D eigenvalue weighted by molar-refractivity contribution is 0.307. The van der Waals surface area contributed by atoms with Crippen molar-refractivity contribution in [2.45, 2.75) is 15.0 Å². The highest BCUT2D eigenvalue weighted by atomic mass is 35.5. The van der Waals surface area contributed by atoms with Crippen molar-refractivity contribution in [1.82, 2.24) is 4.31 Å². The summed E-state index contributed by atoms with van der Waals surface area (Å²) in [5, 5.41) is -0.387. The number of methoxy groups -OCH3 is 2. The summed E-state index contributed by atoms with van der Waals surface area (Å²) < 4.78 is 62.4. The number of ether oxygens (including phenoxy) is 2. The smallest absolute Gasteiger partial charge is 0.246 e. The van der Waals surface area contributed by atoms with E-state index in [4.69, 9.17) is 21.1 Å². The van der Waals surface area contributed by atoms with Gasteiger partial charge in [-0.1, -0.05) is 11.6 Å². The first-order valence-corrected chi connectivity index (χ1v) is 11.3. The molecule has 27 heavy (non-hydrogen) atoms. The third kappa shape index (κ3) is 3.64. The lowest BCUT2D eigenvalue weighted by Gasteiger charge is -2.37. The van der Waals surface area contributed by atoms with Crippen LogP contribution in [0.15, 0.2) is 52.3 Å². The summed E-state index contributed by atoms with van der Waals surface area (Å²) in [5.74, 6) is 0.528. The van der Waals surface area contributed by atoms with Gasteiger partial charge in [-0.15, -0.1) is 0 Å². The van der Waals surface area contributed by atoms with E-state index < -0.39 is 25.1 Å². The quantitative estimate of drug-likeness (QED) is 0.696. The van der Waals surface area contributed by atoms with Gasteiger partial charge < -0.3 is 9.47 Å². The van der Waals surface area contributed by atoms with E-state index in [0.717, 1.165) is 4.31 Å². The van der Waals surface area contributed by atoms with E-state index in [2.05, 4.69) is 0 Å². The van der Waals surface area contributed by atoms with Gasteiger partial charge in [0.1, 0.15) is 16.4 Å². The van der Waals surface area contributed by atoms with Crippen LogP contribution >= 0.6 is 11.6 Å². The Kier molecular flexibility index (Phi) is 5.40. The van der Waals surface area contributed by atoms with Crippen molar-refractivity contribution in [2.24, 2.45) is 0 Å². The molecule has 0 aliphatic carbocycles. The average molecular weight is 432 g/mol. The van der Waals surface area contributed by atoms with Gasteiger partial charge in [0.2, 0.25) is 10.0 Å². The molecule has 1 heterocycles. The molecule has 0 unspecified atom stereocenters. The second-order valence-electron chi connectivity index (χ2n) is 5.96. The topological polar surface area (TPSA) is 90.0 Å². The highest BCUT2D eigenvalue weighted by Crippen LogP contribution is 2.34. The summed E-state index contributed by atoms with van der Waals surface area (Å²) >= 11 is 5.79. The molecule has 146 valence electrons. The molecule has 0 spiro atoms. The maximum absolute atomic E-state index is 12.9. The van der Waals surface area contributed by atoms with Crippen LogP contribution in [-0.4, -0.2) is 53.7 Å². The molecule has 1 aliphatic heterocycles. The van der Waals surface area contributed by atoms with Crippen LogP contribution in [0.4, 0.5) is 0 Å². The number of halogens is 1. The van der Waals surface area contributed by atoms with Gasteiger partial charge in [-0.05, 0) is 36.4 Å². The molecular formula is C17H18ClNO6S2. The summed E-state index contributed by atoms with van der Waals surface area (Å²) in [5.41, 5.74) is 0. The van der Waals surface area contributed by atoms with Gasteiger partial charge >= 0.3 is 0 Å². The minimum absolute atomic E-state index is 0.0632. The number of sulfone groups is 1. The number of sulfonamides is 1. The van der Waals surface area contributed by atoms with Crippen LogP contribution in [0.5, 0.6) is 11.5 Å². The highest BCUT2D eigenvalue weighted by molar-refractivity contribution is 7.92. The number of rotatable bonds is 6. The summed E-state index contributed by atoms with van der Waals surface area (Å²) in [6.45, 7) is -0.263. The van der Waals surface area contributed by atoms with E-state index in [9.17, 15) is 16.8 Å².